The molecular formula is C14H16N2O3. The Balaban J connectivity index is 1.96. The van der Waals surface area contributed by atoms with Gasteiger partial charge in [0.2, 0.25) is 0 Å². The van der Waals surface area contributed by atoms with E-state index in [1.54, 1.807) is 6.20 Å². The molecule has 0 radical (unpaired) electrons. The topological polar surface area (TPSA) is 74.4 Å². The normalized spacial score (nSPS) is 12.1. The summed E-state index contributed by atoms with van der Waals surface area (Å²) in [6.07, 6.45) is 1.89. The molecule has 1 heterocycles. The lowest BCUT2D eigenvalue weighted by molar-refractivity contribution is -0.141. The number of aromatic nitrogens is 1. The highest BCUT2D eigenvalue weighted by atomic mass is 16.5. The molecule has 0 fully saturated rings. The first-order valence-electron chi connectivity index (χ1n) is 5.99. The zero-order valence-electron chi connectivity index (χ0n) is 10.7. The molecule has 2 N–H and O–H groups in total. The first-order valence-corrected chi connectivity index (χ1v) is 5.99. The van der Waals surface area contributed by atoms with Gasteiger partial charge in [-0.05, 0) is 24.3 Å². The number of hydrogen-bond acceptors (Lipinski definition) is 5. The molecule has 0 aliphatic heterocycles. The Morgan fingerprint density at radius 3 is 3.05 bits per heavy atom. The van der Waals surface area contributed by atoms with Crippen LogP contribution >= 0.6 is 0 Å². The van der Waals surface area contributed by atoms with Crippen LogP contribution in [0.4, 0.5) is 0 Å². The summed E-state index contributed by atoms with van der Waals surface area (Å²) < 4.78 is 10.1. The van der Waals surface area contributed by atoms with Crippen LogP contribution in [0.25, 0.3) is 10.9 Å². The fourth-order valence-electron chi connectivity index (χ4n) is 1.70. The molecule has 5 nitrogen and oxygen atoms in total. The van der Waals surface area contributed by atoms with E-state index in [1.165, 1.54) is 7.11 Å². The lowest BCUT2D eigenvalue weighted by Gasteiger charge is -2.12. The van der Waals surface area contributed by atoms with Gasteiger partial charge >= 0.3 is 5.97 Å². The van der Waals surface area contributed by atoms with E-state index in [0.717, 1.165) is 10.9 Å². The highest BCUT2D eigenvalue weighted by Gasteiger charge is 2.10. The molecule has 0 bridgehead atoms. The van der Waals surface area contributed by atoms with E-state index in [1.807, 2.05) is 30.3 Å². The fraction of sp³-hybridized carbons (Fsp3) is 0.286. The highest BCUT2D eigenvalue weighted by Crippen LogP contribution is 2.19. The Labute approximate surface area is 111 Å². The number of nitrogens with two attached hydrogens (primary N) is 1. The number of carbonyl (C=O) groups is 1. The van der Waals surface area contributed by atoms with Crippen molar-refractivity contribution >= 4 is 16.9 Å². The van der Waals surface area contributed by atoms with Crippen LogP contribution in [0.2, 0.25) is 0 Å². The van der Waals surface area contributed by atoms with Crippen LogP contribution in [0, 0.1) is 0 Å². The van der Waals surface area contributed by atoms with E-state index >= 15 is 0 Å². The first-order chi connectivity index (χ1) is 9.19. The summed E-state index contributed by atoms with van der Waals surface area (Å²) in [7, 11) is 1.34. The van der Waals surface area contributed by atoms with Crippen molar-refractivity contribution < 1.29 is 14.3 Å². The van der Waals surface area contributed by atoms with Gasteiger partial charge in [0.15, 0.2) is 0 Å². The zero-order chi connectivity index (χ0) is 13.7. The second kappa shape index (κ2) is 6.15. The van der Waals surface area contributed by atoms with Crippen molar-refractivity contribution in [2.24, 2.45) is 5.73 Å². The molecule has 0 amide bonds. The van der Waals surface area contributed by atoms with E-state index in [9.17, 15) is 4.79 Å². The van der Waals surface area contributed by atoms with Gasteiger partial charge in [-0.25, -0.2) is 0 Å². The predicted octanol–water partition coefficient (Wildman–Crippen LogP) is 1.50. The molecule has 1 aromatic heterocycles. The maximum atomic E-state index is 11.0. The number of fused-ring (bicyclic) bond motifs is 1. The van der Waals surface area contributed by atoms with Gasteiger partial charge in [-0.3, -0.25) is 9.78 Å². The van der Waals surface area contributed by atoms with Crippen molar-refractivity contribution in [3.63, 3.8) is 0 Å². The average Bonchev–Trinajstić information content (AvgIpc) is 2.44. The third-order valence-electron chi connectivity index (χ3n) is 2.70. The number of hydrogen-bond donors (Lipinski definition) is 1. The molecule has 0 saturated carbocycles. The molecule has 100 valence electrons. The zero-order valence-corrected chi connectivity index (χ0v) is 10.7. The molecule has 0 saturated heterocycles. The van der Waals surface area contributed by atoms with Crippen LogP contribution in [0.15, 0.2) is 36.5 Å². The van der Waals surface area contributed by atoms with Gasteiger partial charge in [-0.1, -0.05) is 6.07 Å². The Morgan fingerprint density at radius 1 is 1.42 bits per heavy atom. The Hall–Kier alpha value is -2.14. The minimum absolute atomic E-state index is 0.144. The molecule has 2 rings (SSSR count). The smallest absolute Gasteiger partial charge is 0.307 e. The minimum Gasteiger partial charge on any atom is -0.492 e. The van der Waals surface area contributed by atoms with Gasteiger partial charge in [-0.2, -0.15) is 0 Å². The van der Waals surface area contributed by atoms with Gasteiger partial charge in [0.1, 0.15) is 12.4 Å². The molecule has 0 aliphatic rings. The number of esters is 1. The molecule has 2 aromatic rings. The summed E-state index contributed by atoms with van der Waals surface area (Å²) in [5.74, 6) is 0.375. The third kappa shape index (κ3) is 3.66. The van der Waals surface area contributed by atoms with Crippen molar-refractivity contribution in [1.82, 2.24) is 4.98 Å². The quantitative estimate of drug-likeness (QED) is 0.825. The molecule has 1 atom stereocenters. The summed E-state index contributed by atoms with van der Waals surface area (Å²) in [5, 5.41) is 1.00. The van der Waals surface area contributed by atoms with E-state index in [4.69, 9.17) is 10.5 Å². The monoisotopic (exact) mass is 260 g/mol. The Morgan fingerprint density at radius 2 is 2.26 bits per heavy atom. The maximum Gasteiger partial charge on any atom is 0.307 e. The van der Waals surface area contributed by atoms with Crippen molar-refractivity contribution in [3.05, 3.63) is 36.5 Å². The number of rotatable bonds is 5. The molecule has 19 heavy (non-hydrogen) atoms. The Bertz CT molecular complexity index is 571. The SMILES string of the molecule is COC(=O)CC(N)COc1ccc2ncccc2c1. The van der Waals surface area contributed by atoms with Gasteiger partial charge in [-0.15, -0.1) is 0 Å². The highest BCUT2D eigenvalue weighted by molar-refractivity contribution is 5.79. The summed E-state index contributed by atoms with van der Waals surface area (Å²) >= 11 is 0. The van der Waals surface area contributed by atoms with E-state index < -0.39 is 0 Å². The van der Waals surface area contributed by atoms with Crippen LogP contribution in [0.3, 0.4) is 0 Å². The minimum atomic E-state index is -0.378. The van der Waals surface area contributed by atoms with Crippen molar-refractivity contribution in [2.75, 3.05) is 13.7 Å². The second-order valence-electron chi connectivity index (χ2n) is 4.21. The molecule has 0 spiro atoms. The molecule has 1 aromatic carbocycles. The van der Waals surface area contributed by atoms with Gasteiger partial charge in [0.05, 0.1) is 19.0 Å². The predicted molar refractivity (Wildman–Crippen MR) is 71.8 cm³/mol. The van der Waals surface area contributed by atoms with Crippen LogP contribution in [-0.2, 0) is 9.53 Å². The van der Waals surface area contributed by atoms with E-state index in [-0.39, 0.29) is 25.0 Å². The number of carbonyl (C=O) groups excluding carboxylic acids is 1. The number of benzene rings is 1. The molecule has 5 heteroatoms. The van der Waals surface area contributed by atoms with E-state index in [0.29, 0.717) is 5.75 Å². The summed E-state index contributed by atoms with van der Waals surface area (Å²) in [4.78, 5) is 15.3. The summed E-state index contributed by atoms with van der Waals surface area (Å²) in [6.45, 7) is 0.265. The van der Waals surface area contributed by atoms with Gasteiger partial charge in [0, 0.05) is 17.6 Å². The van der Waals surface area contributed by atoms with Crippen molar-refractivity contribution in [2.45, 2.75) is 12.5 Å². The second-order valence-corrected chi connectivity index (χ2v) is 4.21. The number of ether oxygens (including phenoxy) is 2. The lowest BCUT2D eigenvalue weighted by Crippen LogP contribution is -2.30. The lowest BCUT2D eigenvalue weighted by atomic mass is 10.2. The molecule has 1 unspecified atom stereocenters. The standard InChI is InChI=1S/C14H16N2O3/c1-18-14(17)8-11(15)9-19-12-4-5-13-10(7-12)3-2-6-16-13/h2-7,11H,8-9,15H2,1H3. The Kier molecular flexibility index (Phi) is 4.30. The van der Waals surface area contributed by atoms with Crippen molar-refractivity contribution in [1.29, 1.82) is 0 Å². The van der Waals surface area contributed by atoms with Crippen molar-refractivity contribution in [3.8, 4) is 5.75 Å². The van der Waals surface area contributed by atoms with Gasteiger partial charge in [0.25, 0.3) is 0 Å². The molecule has 0 aliphatic carbocycles. The average molecular weight is 260 g/mol. The summed E-state index contributed by atoms with van der Waals surface area (Å²) in [6, 6.07) is 9.07. The third-order valence-corrected chi connectivity index (χ3v) is 2.70. The van der Waals surface area contributed by atoms with Crippen LogP contribution < -0.4 is 10.5 Å². The van der Waals surface area contributed by atoms with Crippen LogP contribution in [0.5, 0.6) is 5.75 Å². The molecular weight excluding hydrogens is 244 g/mol. The van der Waals surface area contributed by atoms with E-state index in [2.05, 4.69) is 9.72 Å². The number of methoxy groups -OCH3 is 1. The van der Waals surface area contributed by atoms with Gasteiger partial charge < -0.3 is 15.2 Å². The largest absolute Gasteiger partial charge is 0.492 e. The van der Waals surface area contributed by atoms with Crippen LogP contribution in [-0.4, -0.2) is 30.7 Å². The summed E-state index contributed by atoms with van der Waals surface area (Å²) in [5.41, 5.74) is 6.68. The maximum absolute atomic E-state index is 11.0. The first kappa shape index (κ1) is 13.3. The number of pyridine rings is 1. The number of nitrogens with zero attached hydrogens (tertiary/aromatic N) is 1. The fourth-order valence-corrected chi connectivity index (χ4v) is 1.70. The van der Waals surface area contributed by atoms with Crippen LogP contribution in [0.1, 0.15) is 6.42 Å².